The van der Waals surface area contributed by atoms with E-state index in [-0.39, 0.29) is 5.28 Å². The number of halogens is 1. The van der Waals surface area contributed by atoms with Crippen LogP contribution in [0, 0.1) is 0 Å². The molecule has 0 aliphatic rings. The number of nitrogens with two attached hydrogens (primary N) is 1. The van der Waals surface area contributed by atoms with Crippen LogP contribution in [0.3, 0.4) is 0 Å². The molecule has 5 heteroatoms. The predicted molar refractivity (Wildman–Crippen MR) is 59.0 cm³/mol. The Bertz CT molecular complexity index is 501. The van der Waals surface area contributed by atoms with Gasteiger partial charge < -0.3 is 10.5 Å². The summed E-state index contributed by atoms with van der Waals surface area (Å²) in [6.45, 7) is 0.325. The zero-order valence-electron chi connectivity index (χ0n) is 8.20. The Labute approximate surface area is 92.0 Å². The Hall–Kier alpha value is -1.39. The van der Waals surface area contributed by atoms with Crippen LogP contribution in [0.5, 0.6) is 5.75 Å². The number of rotatable bonds is 2. The van der Waals surface area contributed by atoms with E-state index in [1.165, 1.54) is 0 Å². The Kier molecular flexibility index (Phi) is 2.70. The Balaban J connectivity index is 2.82. The van der Waals surface area contributed by atoms with Gasteiger partial charge in [0.1, 0.15) is 11.3 Å². The van der Waals surface area contributed by atoms with Crippen molar-refractivity contribution >= 4 is 22.5 Å². The third-order valence-electron chi connectivity index (χ3n) is 2.15. The molecule has 2 rings (SSSR count). The highest BCUT2D eigenvalue weighted by molar-refractivity contribution is 6.28. The molecule has 15 heavy (non-hydrogen) atoms. The summed E-state index contributed by atoms with van der Waals surface area (Å²) in [5, 5.41) is 1.06. The van der Waals surface area contributed by atoms with Gasteiger partial charge in [0.25, 0.3) is 0 Å². The van der Waals surface area contributed by atoms with Gasteiger partial charge in [0.15, 0.2) is 0 Å². The molecule has 0 bridgehead atoms. The predicted octanol–water partition coefficient (Wildman–Crippen LogP) is 1.75. The van der Waals surface area contributed by atoms with Gasteiger partial charge in [0.05, 0.1) is 12.8 Å². The van der Waals surface area contributed by atoms with Crippen molar-refractivity contribution in [3.63, 3.8) is 0 Å². The summed E-state index contributed by atoms with van der Waals surface area (Å²) in [5.41, 5.74) is 7.01. The van der Waals surface area contributed by atoms with Gasteiger partial charge in [0, 0.05) is 11.9 Å². The van der Waals surface area contributed by atoms with Crippen LogP contribution in [-0.4, -0.2) is 17.1 Å². The first-order valence-corrected chi connectivity index (χ1v) is 4.83. The number of hydrogen-bond donors (Lipinski definition) is 1. The minimum Gasteiger partial charge on any atom is -0.494 e. The van der Waals surface area contributed by atoms with Gasteiger partial charge in [-0.05, 0) is 17.7 Å². The van der Waals surface area contributed by atoms with Crippen molar-refractivity contribution in [2.24, 2.45) is 5.73 Å². The lowest BCUT2D eigenvalue weighted by Gasteiger charge is -2.07. The topological polar surface area (TPSA) is 61.0 Å². The fourth-order valence-corrected chi connectivity index (χ4v) is 1.67. The summed E-state index contributed by atoms with van der Waals surface area (Å²) in [4.78, 5) is 8.20. The molecule has 0 fully saturated rings. The van der Waals surface area contributed by atoms with Crippen molar-refractivity contribution in [1.29, 1.82) is 0 Å². The van der Waals surface area contributed by atoms with Crippen molar-refractivity contribution < 1.29 is 4.74 Å². The van der Waals surface area contributed by atoms with Gasteiger partial charge in [-0.1, -0.05) is 12.1 Å². The molecule has 1 aromatic heterocycles. The molecule has 0 atom stereocenters. The molecule has 0 saturated carbocycles. The summed E-state index contributed by atoms with van der Waals surface area (Å²) in [6.07, 6.45) is 0. The number of benzene rings is 1. The Morgan fingerprint density at radius 3 is 2.87 bits per heavy atom. The fourth-order valence-electron chi connectivity index (χ4n) is 1.48. The molecular formula is C10H10ClN3O. The number of nitrogens with zero attached hydrogens (tertiary/aromatic N) is 2. The normalized spacial score (nSPS) is 10.6. The number of para-hydroxylation sites is 1. The molecular weight excluding hydrogens is 214 g/mol. The molecule has 2 N–H and O–H groups in total. The van der Waals surface area contributed by atoms with Gasteiger partial charge in [-0.25, -0.2) is 9.97 Å². The van der Waals surface area contributed by atoms with E-state index in [1.807, 2.05) is 18.2 Å². The molecule has 0 amide bonds. The van der Waals surface area contributed by atoms with Gasteiger partial charge >= 0.3 is 0 Å². The molecule has 0 spiro atoms. The zero-order valence-corrected chi connectivity index (χ0v) is 8.95. The van der Waals surface area contributed by atoms with Crippen LogP contribution in [-0.2, 0) is 6.54 Å². The molecule has 0 aliphatic carbocycles. The molecule has 1 aromatic carbocycles. The molecule has 2 aromatic rings. The number of methoxy groups -OCH3 is 1. The third-order valence-corrected chi connectivity index (χ3v) is 2.32. The maximum absolute atomic E-state index is 5.80. The van der Waals surface area contributed by atoms with Crippen LogP contribution < -0.4 is 10.5 Å². The van der Waals surface area contributed by atoms with Crippen molar-refractivity contribution in [3.8, 4) is 5.75 Å². The van der Waals surface area contributed by atoms with E-state index in [9.17, 15) is 0 Å². The highest BCUT2D eigenvalue weighted by atomic mass is 35.5. The largest absolute Gasteiger partial charge is 0.494 e. The van der Waals surface area contributed by atoms with Crippen LogP contribution in [0.15, 0.2) is 18.2 Å². The third kappa shape index (κ3) is 1.73. The average molecular weight is 224 g/mol. The van der Waals surface area contributed by atoms with E-state index >= 15 is 0 Å². The molecule has 0 aliphatic heterocycles. The molecule has 4 nitrogen and oxygen atoms in total. The standard InChI is InChI=1S/C10H10ClN3O/c1-15-8-4-2-3-6-7(5-12)13-10(11)14-9(6)8/h2-4H,5,12H2,1H3. The second-order valence-corrected chi connectivity index (χ2v) is 3.34. The first-order chi connectivity index (χ1) is 7.26. The average Bonchev–Trinajstić information content (AvgIpc) is 2.27. The van der Waals surface area contributed by atoms with Gasteiger partial charge in [-0.3, -0.25) is 0 Å². The van der Waals surface area contributed by atoms with Crippen LogP contribution in [0.4, 0.5) is 0 Å². The van der Waals surface area contributed by atoms with Gasteiger partial charge in [0.2, 0.25) is 5.28 Å². The highest BCUT2D eigenvalue weighted by Gasteiger charge is 2.08. The minimum atomic E-state index is 0.187. The second-order valence-electron chi connectivity index (χ2n) is 3.00. The second kappa shape index (κ2) is 4.00. The SMILES string of the molecule is COc1cccc2c(CN)nc(Cl)nc12. The minimum absolute atomic E-state index is 0.187. The molecule has 0 unspecified atom stereocenters. The van der Waals surface area contributed by atoms with Crippen LogP contribution >= 0.6 is 11.6 Å². The monoisotopic (exact) mass is 223 g/mol. The van der Waals surface area contributed by atoms with Crippen LogP contribution in [0.1, 0.15) is 5.69 Å². The van der Waals surface area contributed by atoms with E-state index in [0.29, 0.717) is 17.8 Å². The highest BCUT2D eigenvalue weighted by Crippen LogP contribution is 2.26. The maximum Gasteiger partial charge on any atom is 0.223 e. The summed E-state index contributed by atoms with van der Waals surface area (Å²) in [6, 6.07) is 5.60. The summed E-state index contributed by atoms with van der Waals surface area (Å²) in [7, 11) is 1.59. The van der Waals surface area contributed by atoms with Crippen LogP contribution in [0.25, 0.3) is 10.9 Å². The number of aromatic nitrogens is 2. The first kappa shape index (κ1) is 10.1. The lowest BCUT2D eigenvalue weighted by atomic mass is 10.2. The summed E-state index contributed by atoms with van der Waals surface area (Å²) in [5.74, 6) is 0.673. The molecule has 0 saturated heterocycles. The van der Waals surface area contributed by atoms with E-state index in [2.05, 4.69) is 9.97 Å². The lowest BCUT2D eigenvalue weighted by Crippen LogP contribution is -2.03. The summed E-state index contributed by atoms with van der Waals surface area (Å²) >= 11 is 5.80. The smallest absolute Gasteiger partial charge is 0.223 e. The van der Waals surface area contributed by atoms with E-state index in [1.54, 1.807) is 7.11 Å². The van der Waals surface area contributed by atoms with Gasteiger partial charge in [-0.15, -0.1) is 0 Å². The van der Waals surface area contributed by atoms with E-state index < -0.39 is 0 Å². The quantitative estimate of drug-likeness (QED) is 0.788. The van der Waals surface area contributed by atoms with Crippen molar-refractivity contribution in [1.82, 2.24) is 9.97 Å². The Morgan fingerprint density at radius 2 is 2.20 bits per heavy atom. The number of fused-ring (bicyclic) bond motifs is 1. The summed E-state index contributed by atoms with van der Waals surface area (Å²) < 4.78 is 5.19. The maximum atomic E-state index is 5.80. The van der Waals surface area contributed by atoms with Crippen molar-refractivity contribution in [2.75, 3.05) is 7.11 Å². The molecule has 1 heterocycles. The lowest BCUT2D eigenvalue weighted by molar-refractivity contribution is 0.419. The van der Waals surface area contributed by atoms with E-state index in [4.69, 9.17) is 22.1 Å². The first-order valence-electron chi connectivity index (χ1n) is 4.45. The number of hydrogen-bond acceptors (Lipinski definition) is 4. The fraction of sp³-hybridized carbons (Fsp3) is 0.200. The zero-order chi connectivity index (χ0) is 10.8. The van der Waals surface area contributed by atoms with Crippen molar-refractivity contribution in [2.45, 2.75) is 6.54 Å². The number of ether oxygens (including phenoxy) is 1. The molecule has 0 radical (unpaired) electrons. The molecule has 78 valence electrons. The van der Waals surface area contributed by atoms with Gasteiger partial charge in [-0.2, -0.15) is 0 Å². The van der Waals surface area contributed by atoms with Crippen molar-refractivity contribution in [3.05, 3.63) is 29.2 Å². The van der Waals surface area contributed by atoms with E-state index in [0.717, 1.165) is 11.1 Å². The Morgan fingerprint density at radius 1 is 1.40 bits per heavy atom. The van der Waals surface area contributed by atoms with Crippen LogP contribution in [0.2, 0.25) is 5.28 Å².